The molecule has 106 valence electrons. The highest BCUT2D eigenvalue weighted by molar-refractivity contribution is 7.80. The van der Waals surface area contributed by atoms with Crippen LogP contribution < -0.4 is 10.1 Å². The zero-order valence-electron chi connectivity index (χ0n) is 11.0. The minimum absolute atomic E-state index is 0.113. The molecule has 0 aromatic heterocycles. The van der Waals surface area contributed by atoms with Gasteiger partial charge < -0.3 is 15.0 Å². The average Bonchev–Trinajstić information content (AvgIpc) is 3.14. The van der Waals surface area contributed by atoms with Crippen LogP contribution in [0.4, 0.5) is 0 Å². The van der Waals surface area contributed by atoms with Crippen LogP contribution in [0, 0.1) is 0 Å². The molecule has 0 amide bonds. The van der Waals surface area contributed by atoms with E-state index in [1.54, 1.807) is 6.07 Å². The fraction of sp³-hybridized carbons (Fsp3) is 0.500. The van der Waals surface area contributed by atoms with E-state index in [1.165, 1.54) is 12.8 Å². The second-order valence-corrected chi connectivity index (χ2v) is 7.12. The predicted molar refractivity (Wildman–Crippen MR) is 83.4 cm³/mol. The molecule has 4 rings (SSSR count). The van der Waals surface area contributed by atoms with Crippen molar-refractivity contribution < 1.29 is 4.74 Å². The van der Waals surface area contributed by atoms with Gasteiger partial charge in [0.1, 0.15) is 5.75 Å². The van der Waals surface area contributed by atoms with Crippen LogP contribution in [0.1, 0.15) is 37.8 Å². The number of hydrogen-bond donors (Lipinski definition) is 1. The first kappa shape index (κ1) is 13.0. The Labute approximate surface area is 133 Å². The van der Waals surface area contributed by atoms with E-state index >= 15 is 0 Å². The number of halogens is 2. The van der Waals surface area contributed by atoms with Gasteiger partial charge in [-0.05, 0) is 44.1 Å². The van der Waals surface area contributed by atoms with E-state index in [9.17, 15) is 0 Å². The molecule has 1 aromatic carbocycles. The van der Waals surface area contributed by atoms with Gasteiger partial charge in [-0.2, -0.15) is 0 Å². The van der Waals surface area contributed by atoms with E-state index in [1.807, 2.05) is 6.07 Å². The maximum absolute atomic E-state index is 6.31. The lowest BCUT2D eigenvalue weighted by atomic mass is 9.90. The van der Waals surface area contributed by atoms with Crippen molar-refractivity contribution in [3.8, 4) is 5.75 Å². The molecule has 3 aliphatic rings. The molecular weight excluding hydrogens is 315 g/mol. The van der Waals surface area contributed by atoms with Gasteiger partial charge in [0.2, 0.25) is 0 Å². The smallest absolute Gasteiger partial charge is 0.184 e. The van der Waals surface area contributed by atoms with Gasteiger partial charge in [0.25, 0.3) is 0 Å². The van der Waals surface area contributed by atoms with Crippen molar-refractivity contribution in [1.29, 1.82) is 0 Å². The molecule has 2 heterocycles. The molecule has 2 bridgehead atoms. The first-order valence-electron chi connectivity index (χ1n) is 6.76. The highest BCUT2D eigenvalue weighted by Gasteiger charge is 2.52. The Morgan fingerprint density at radius 3 is 2.85 bits per heavy atom. The first-order valence-corrected chi connectivity index (χ1v) is 7.92. The third-order valence-corrected chi connectivity index (χ3v) is 5.07. The summed E-state index contributed by atoms with van der Waals surface area (Å²) in [6.07, 6.45) is 3.19. The van der Waals surface area contributed by atoms with Crippen molar-refractivity contribution in [2.45, 2.75) is 44.0 Å². The summed E-state index contributed by atoms with van der Waals surface area (Å²) in [6.45, 7) is 2.10. The Morgan fingerprint density at radius 1 is 1.40 bits per heavy atom. The van der Waals surface area contributed by atoms with Gasteiger partial charge in [-0.25, -0.2) is 0 Å². The lowest BCUT2D eigenvalue weighted by Gasteiger charge is -2.52. The summed E-state index contributed by atoms with van der Waals surface area (Å²) in [7, 11) is 0. The predicted octanol–water partition coefficient (Wildman–Crippen LogP) is 3.89. The van der Waals surface area contributed by atoms with Crippen molar-refractivity contribution in [3.63, 3.8) is 0 Å². The molecule has 6 heteroatoms. The van der Waals surface area contributed by atoms with Crippen LogP contribution in [0.25, 0.3) is 0 Å². The number of ether oxygens (including phenoxy) is 1. The summed E-state index contributed by atoms with van der Waals surface area (Å²) in [4.78, 5) is 2.20. The molecule has 1 saturated carbocycles. The van der Waals surface area contributed by atoms with Crippen LogP contribution >= 0.6 is 35.4 Å². The zero-order chi connectivity index (χ0) is 14.1. The quantitative estimate of drug-likeness (QED) is 0.790. The van der Waals surface area contributed by atoms with E-state index in [0.717, 1.165) is 22.8 Å². The van der Waals surface area contributed by atoms with Gasteiger partial charge in [-0.15, -0.1) is 0 Å². The van der Waals surface area contributed by atoms with Gasteiger partial charge in [0.05, 0.1) is 11.1 Å². The third-order valence-electron chi connectivity index (χ3n) is 4.26. The molecule has 1 aliphatic carbocycles. The molecule has 3 nitrogen and oxygen atoms in total. The van der Waals surface area contributed by atoms with Crippen molar-refractivity contribution in [3.05, 3.63) is 27.7 Å². The molecule has 2 fully saturated rings. The van der Waals surface area contributed by atoms with E-state index in [0.29, 0.717) is 16.1 Å². The minimum atomic E-state index is -0.418. The summed E-state index contributed by atoms with van der Waals surface area (Å²) in [5.41, 5.74) is 0.580. The number of rotatable bonds is 1. The fourth-order valence-electron chi connectivity index (χ4n) is 3.29. The summed E-state index contributed by atoms with van der Waals surface area (Å²) in [5.74, 6) is 0.732. The van der Waals surface area contributed by atoms with Crippen LogP contribution in [0.3, 0.4) is 0 Å². The van der Waals surface area contributed by atoms with Crippen LogP contribution in [-0.2, 0) is 0 Å². The standard InChI is InChI=1S/C14H14Cl2N2OS/c1-14-6-11(17-13(20)18(14)8-2-3-8)9-4-7(15)5-10(16)12(9)19-14/h4-5,8,11H,2-3,6H2,1H3,(H,17,20). The monoisotopic (exact) mass is 328 g/mol. The fourth-order valence-corrected chi connectivity index (χ4v) is 4.32. The van der Waals surface area contributed by atoms with E-state index in [4.69, 9.17) is 40.2 Å². The van der Waals surface area contributed by atoms with Crippen LogP contribution in [0.5, 0.6) is 5.75 Å². The van der Waals surface area contributed by atoms with Crippen LogP contribution in [0.15, 0.2) is 12.1 Å². The normalized spacial score (nSPS) is 31.4. The maximum atomic E-state index is 6.31. The molecule has 0 spiro atoms. The highest BCUT2D eigenvalue weighted by atomic mass is 35.5. The number of nitrogens with zero attached hydrogens (tertiary/aromatic N) is 1. The van der Waals surface area contributed by atoms with Gasteiger partial charge in [-0.3, -0.25) is 0 Å². The highest BCUT2D eigenvalue weighted by Crippen LogP contribution is 2.50. The van der Waals surface area contributed by atoms with Gasteiger partial charge in [0.15, 0.2) is 10.8 Å². The molecular formula is C14H14Cl2N2OS. The summed E-state index contributed by atoms with van der Waals surface area (Å²) in [5, 5.41) is 5.37. The van der Waals surface area contributed by atoms with Gasteiger partial charge >= 0.3 is 0 Å². The summed E-state index contributed by atoms with van der Waals surface area (Å²) < 4.78 is 6.27. The summed E-state index contributed by atoms with van der Waals surface area (Å²) in [6, 6.07) is 4.25. The second-order valence-electron chi connectivity index (χ2n) is 5.89. The van der Waals surface area contributed by atoms with Crippen molar-refractivity contribution in [2.24, 2.45) is 0 Å². The number of fused-ring (bicyclic) bond motifs is 4. The second kappa shape index (κ2) is 4.15. The number of nitrogens with one attached hydrogen (secondary N) is 1. The Hall–Kier alpha value is -0.710. The topological polar surface area (TPSA) is 24.5 Å². The van der Waals surface area contributed by atoms with Crippen LogP contribution in [-0.4, -0.2) is 21.8 Å². The average molecular weight is 329 g/mol. The van der Waals surface area contributed by atoms with Gasteiger partial charge in [0, 0.05) is 23.0 Å². The molecule has 20 heavy (non-hydrogen) atoms. The van der Waals surface area contributed by atoms with Crippen molar-refractivity contribution in [2.75, 3.05) is 0 Å². The Morgan fingerprint density at radius 2 is 2.15 bits per heavy atom. The number of thiocarbonyl (C=S) groups is 1. The first-order chi connectivity index (χ1) is 9.48. The molecule has 2 aliphatic heterocycles. The van der Waals surface area contributed by atoms with Crippen molar-refractivity contribution >= 4 is 40.5 Å². The molecule has 0 radical (unpaired) electrons. The van der Waals surface area contributed by atoms with Crippen LogP contribution in [0.2, 0.25) is 10.0 Å². The number of hydrogen-bond acceptors (Lipinski definition) is 2. The Kier molecular flexibility index (Phi) is 2.70. The van der Waals surface area contributed by atoms with E-state index < -0.39 is 5.72 Å². The Bertz CT molecular complexity index is 619. The number of benzene rings is 1. The molecule has 1 saturated heterocycles. The zero-order valence-corrected chi connectivity index (χ0v) is 13.3. The van der Waals surface area contributed by atoms with Crippen molar-refractivity contribution in [1.82, 2.24) is 10.2 Å². The molecule has 1 N–H and O–H groups in total. The molecule has 2 unspecified atom stereocenters. The Balaban J connectivity index is 1.83. The lowest BCUT2D eigenvalue weighted by molar-refractivity contribution is -0.0720. The SMILES string of the molecule is CC12CC(NC(=S)N1C1CC1)c1cc(Cl)cc(Cl)c1O2. The lowest BCUT2D eigenvalue weighted by Crippen LogP contribution is -2.65. The molecule has 2 atom stereocenters. The largest absolute Gasteiger partial charge is 0.466 e. The van der Waals surface area contributed by atoms with E-state index in [-0.39, 0.29) is 6.04 Å². The van der Waals surface area contributed by atoms with E-state index in [2.05, 4.69) is 17.1 Å². The minimum Gasteiger partial charge on any atom is -0.466 e. The third kappa shape index (κ3) is 1.81. The van der Waals surface area contributed by atoms with Gasteiger partial charge in [-0.1, -0.05) is 23.2 Å². The maximum Gasteiger partial charge on any atom is 0.184 e. The summed E-state index contributed by atoms with van der Waals surface area (Å²) >= 11 is 18.0. The molecule has 1 aromatic rings.